The van der Waals surface area contributed by atoms with Crippen LogP contribution in [0.3, 0.4) is 0 Å². The van der Waals surface area contributed by atoms with Crippen molar-refractivity contribution in [3.05, 3.63) is 29.8 Å². The van der Waals surface area contributed by atoms with Crippen molar-refractivity contribution in [2.75, 3.05) is 33.8 Å². The van der Waals surface area contributed by atoms with Gasteiger partial charge in [0.2, 0.25) is 0 Å². The Kier molecular flexibility index (Phi) is 9.32. The fourth-order valence-corrected chi connectivity index (χ4v) is 2.87. The molecule has 2 rings (SSSR count). The van der Waals surface area contributed by atoms with Crippen molar-refractivity contribution < 1.29 is 14.3 Å². The average molecular weight is 504 g/mol. The van der Waals surface area contributed by atoms with E-state index in [0.717, 1.165) is 23.8 Å². The Morgan fingerprint density at radius 3 is 2.54 bits per heavy atom. The highest BCUT2D eigenvalue weighted by atomic mass is 127. The molecule has 2 N–H and O–H groups in total. The SMILES string of the molecule is CN=C(NCC(C)c1ccccc1OC)NC1CN(C(=O)OC(C)(C)C)C1.I. The molecule has 28 heavy (non-hydrogen) atoms. The summed E-state index contributed by atoms with van der Waals surface area (Å²) in [6.45, 7) is 9.70. The van der Waals surface area contributed by atoms with Crippen LogP contribution in [0.4, 0.5) is 4.79 Å². The van der Waals surface area contributed by atoms with Crippen LogP contribution in [0, 0.1) is 0 Å². The molecule has 1 unspecified atom stereocenters. The zero-order chi connectivity index (χ0) is 20.0. The molecule has 8 heteroatoms. The molecule has 0 bridgehead atoms. The van der Waals surface area contributed by atoms with Crippen LogP contribution in [0.25, 0.3) is 0 Å². The van der Waals surface area contributed by atoms with Crippen LogP contribution in [0.5, 0.6) is 5.75 Å². The molecular weight excluding hydrogens is 471 g/mol. The van der Waals surface area contributed by atoms with Crippen LogP contribution in [-0.4, -0.2) is 62.4 Å². The molecule has 1 aliphatic heterocycles. The number of ether oxygens (including phenoxy) is 2. The van der Waals surface area contributed by atoms with E-state index in [-0.39, 0.29) is 42.0 Å². The molecule has 1 heterocycles. The van der Waals surface area contributed by atoms with E-state index in [0.29, 0.717) is 13.1 Å². The molecule has 0 spiro atoms. The third kappa shape index (κ3) is 7.03. The van der Waals surface area contributed by atoms with Crippen LogP contribution in [0.1, 0.15) is 39.2 Å². The predicted molar refractivity (Wildman–Crippen MR) is 123 cm³/mol. The zero-order valence-corrected chi connectivity index (χ0v) is 19.9. The van der Waals surface area contributed by atoms with Crippen LogP contribution < -0.4 is 15.4 Å². The predicted octanol–water partition coefficient (Wildman–Crippen LogP) is 3.20. The maximum Gasteiger partial charge on any atom is 0.410 e. The van der Waals surface area contributed by atoms with Gasteiger partial charge in [0.1, 0.15) is 11.4 Å². The molecule has 0 aromatic heterocycles. The molecule has 7 nitrogen and oxygen atoms in total. The highest BCUT2D eigenvalue weighted by Gasteiger charge is 2.34. The second-order valence-corrected chi connectivity index (χ2v) is 7.82. The van der Waals surface area contributed by atoms with E-state index >= 15 is 0 Å². The number of benzene rings is 1. The summed E-state index contributed by atoms with van der Waals surface area (Å²) in [4.78, 5) is 18.0. The standard InChI is InChI=1S/C20H32N4O3.HI/c1-14(16-9-7-8-10-17(16)26-6)11-22-18(21-5)23-15-12-24(13-15)19(25)27-20(2,3)4;/h7-10,14-15H,11-13H2,1-6H3,(H2,21,22,23);1H. The van der Waals surface area contributed by atoms with Crippen molar-refractivity contribution in [3.63, 3.8) is 0 Å². The lowest BCUT2D eigenvalue weighted by molar-refractivity contribution is 0.00701. The maximum absolute atomic E-state index is 12.0. The number of guanidine groups is 1. The van der Waals surface area contributed by atoms with E-state index in [2.05, 4.69) is 28.6 Å². The number of methoxy groups -OCH3 is 1. The summed E-state index contributed by atoms with van der Waals surface area (Å²) in [5.41, 5.74) is 0.685. The number of carbonyl (C=O) groups excluding carboxylic acids is 1. The summed E-state index contributed by atoms with van der Waals surface area (Å²) >= 11 is 0. The van der Waals surface area contributed by atoms with Gasteiger partial charge in [0.25, 0.3) is 0 Å². The summed E-state index contributed by atoms with van der Waals surface area (Å²) in [5, 5.41) is 6.69. The van der Waals surface area contributed by atoms with Crippen LogP contribution in [-0.2, 0) is 4.74 Å². The normalized spacial score (nSPS) is 15.8. The first-order valence-electron chi connectivity index (χ1n) is 9.31. The Balaban J connectivity index is 0.00000392. The number of likely N-dealkylation sites (tertiary alicyclic amines) is 1. The van der Waals surface area contributed by atoms with Gasteiger partial charge in [-0.2, -0.15) is 0 Å². The van der Waals surface area contributed by atoms with Crippen molar-refractivity contribution in [3.8, 4) is 5.75 Å². The summed E-state index contributed by atoms with van der Waals surface area (Å²) in [6, 6.07) is 8.20. The number of aliphatic imine (C=N–C) groups is 1. The van der Waals surface area contributed by atoms with Gasteiger partial charge in [-0.05, 0) is 32.4 Å². The first-order valence-corrected chi connectivity index (χ1v) is 9.31. The van der Waals surface area contributed by atoms with E-state index < -0.39 is 5.60 Å². The van der Waals surface area contributed by atoms with Gasteiger partial charge in [-0.15, -0.1) is 24.0 Å². The van der Waals surface area contributed by atoms with Gasteiger partial charge in [-0.1, -0.05) is 25.1 Å². The third-order valence-corrected chi connectivity index (χ3v) is 4.34. The number of hydrogen-bond acceptors (Lipinski definition) is 4. The van der Waals surface area contributed by atoms with Gasteiger partial charge in [-0.25, -0.2) is 4.79 Å². The molecule has 1 aliphatic rings. The smallest absolute Gasteiger partial charge is 0.410 e. The number of nitrogens with zero attached hydrogens (tertiary/aromatic N) is 2. The van der Waals surface area contributed by atoms with E-state index in [1.165, 1.54) is 0 Å². The monoisotopic (exact) mass is 504 g/mol. The number of rotatable bonds is 5. The van der Waals surface area contributed by atoms with Crippen molar-refractivity contribution in [2.24, 2.45) is 4.99 Å². The second kappa shape index (κ2) is 10.7. The number of hydrogen-bond donors (Lipinski definition) is 2. The molecule has 0 radical (unpaired) electrons. The lowest BCUT2D eigenvalue weighted by Crippen LogP contribution is -2.63. The minimum absolute atomic E-state index is 0. The first-order chi connectivity index (χ1) is 12.7. The maximum atomic E-state index is 12.0. The Bertz CT molecular complexity index is 670. The van der Waals surface area contributed by atoms with Crippen LogP contribution in [0.2, 0.25) is 0 Å². The largest absolute Gasteiger partial charge is 0.496 e. The number of para-hydroxylation sites is 1. The van der Waals surface area contributed by atoms with Crippen molar-refractivity contribution in [2.45, 2.75) is 45.3 Å². The fourth-order valence-electron chi connectivity index (χ4n) is 2.87. The Labute approximate surface area is 185 Å². The van der Waals surface area contributed by atoms with E-state index in [4.69, 9.17) is 9.47 Å². The lowest BCUT2D eigenvalue weighted by Gasteiger charge is -2.40. The topological polar surface area (TPSA) is 75.2 Å². The zero-order valence-electron chi connectivity index (χ0n) is 17.6. The third-order valence-electron chi connectivity index (χ3n) is 4.34. The molecule has 1 aromatic carbocycles. The number of amides is 1. The minimum atomic E-state index is -0.470. The van der Waals surface area contributed by atoms with Gasteiger partial charge in [0, 0.05) is 32.6 Å². The van der Waals surface area contributed by atoms with E-state index in [1.54, 1.807) is 19.1 Å². The highest BCUT2D eigenvalue weighted by molar-refractivity contribution is 14.0. The van der Waals surface area contributed by atoms with Crippen molar-refractivity contribution in [1.29, 1.82) is 0 Å². The van der Waals surface area contributed by atoms with Crippen LogP contribution >= 0.6 is 24.0 Å². The molecule has 0 aliphatic carbocycles. The summed E-state index contributed by atoms with van der Waals surface area (Å²) in [5.74, 6) is 1.88. The number of halogens is 1. The number of carbonyl (C=O) groups is 1. The molecule has 0 saturated carbocycles. The highest BCUT2D eigenvalue weighted by Crippen LogP contribution is 2.25. The molecule has 1 aromatic rings. The average Bonchev–Trinajstić information content (AvgIpc) is 2.58. The molecule has 1 atom stereocenters. The van der Waals surface area contributed by atoms with E-state index in [1.807, 2.05) is 39.0 Å². The molecule has 1 amide bonds. The first kappa shape index (κ1) is 24.3. The second-order valence-electron chi connectivity index (χ2n) is 7.82. The lowest BCUT2D eigenvalue weighted by atomic mass is 10.0. The van der Waals surface area contributed by atoms with Gasteiger partial charge in [0.05, 0.1) is 13.2 Å². The van der Waals surface area contributed by atoms with Gasteiger partial charge in [0.15, 0.2) is 5.96 Å². The van der Waals surface area contributed by atoms with E-state index in [9.17, 15) is 4.79 Å². The molecular formula is C20H33IN4O3. The molecule has 158 valence electrons. The van der Waals surface area contributed by atoms with Gasteiger partial charge >= 0.3 is 6.09 Å². The quantitative estimate of drug-likeness (QED) is 0.366. The fraction of sp³-hybridized carbons (Fsp3) is 0.600. The Morgan fingerprint density at radius 2 is 1.96 bits per heavy atom. The minimum Gasteiger partial charge on any atom is -0.496 e. The Morgan fingerprint density at radius 1 is 1.32 bits per heavy atom. The van der Waals surface area contributed by atoms with Crippen LogP contribution in [0.15, 0.2) is 29.3 Å². The Hall–Kier alpha value is -1.71. The summed E-state index contributed by atoms with van der Waals surface area (Å²) in [6.07, 6.45) is -0.270. The van der Waals surface area contributed by atoms with Crippen molar-refractivity contribution in [1.82, 2.24) is 15.5 Å². The summed E-state index contributed by atoms with van der Waals surface area (Å²) < 4.78 is 10.8. The summed E-state index contributed by atoms with van der Waals surface area (Å²) in [7, 11) is 3.43. The van der Waals surface area contributed by atoms with Gasteiger partial charge < -0.3 is 25.0 Å². The molecule has 1 saturated heterocycles. The van der Waals surface area contributed by atoms with Crippen molar-refractivity contribution >= 4 is 36.0 Å². The number of nitrogens with one attached hydrogen (secondary N) is 2. The molecule has 1 fully saturated rings. The van der Waals surface area contributed by atoms with Gasteiger partial charge in [-0.3, -0.25) is 4.99 Å².